The molecular weight excluding hydrogens is 278 g/mol. The highest BCUT2D eigenvalue weighted by molar-refractivity contribution is 5.97. The van der Waals surface area contributed by atoms with Crippen LogP contribution in [0.3, 0.4) is 0 Å². The Kier molecular flexibility index (Phi) is 3.14. The van der Waals surface area contributed by atoms with E-state index in [0.29, 0.717) is 11.6 Å². The van der Waals surface area contributed by atoms with Gasteiger partial charge in [0.1, 0.15) is 5.52 Å². The van der Waals surface area contributed by atoms with E-state index in [1.54, 1.807) is 4.68 Å². The van der Waals surface area contributed by atoms with Gasteiger partial charge in [-0.3, -0.25) is 9.69 Å². The molecule has 0 aliphatic carbocycles. The fraction of sp³-hybridized carbons (Fsp3) is 0.562. The third-order valence-electron chi connectivity index (χ3n) is 5.21. The first-order valence-corrected chi connectivity index (χ1v) is 7.99. The minimum Gasteiger partial charge on any atom is -0.333 e. The molecule has 2 aliphatic heterocycles. The summed E-state index contributed by atoms with van der Waals surface area (Å²) in [6, 6.07) is 6.48. The van der Waals surface area contributed by atoms with Gasteiger partial charge < -0.3 is 4.90 Å². The molecule has 1 aromatic carbocycles. The molecule has 2 atom stereocenters. The SMILES string of the molecule is C[C@@H]1[C@@H]2CCCN2CCN1C(=O)c1ccc2c(c1)nnn2C. The van der Waals surface area contributed by atoms with E-state index in [-0.39, 0.29) is 11.9 Å². The summed E-state index contributed by atoms with van der Waals surface area (Å²) in [5, 5.41) is 8.11. The molecule has 2 aromatic rings. The first-order chi connectivity index (χ1) is 10.6. The topological polar surface area (TPSA) is 54.3 Å². The van der Waals surface area contributed by atoms with E-state index in [1.807, 2.05) is 30.1 Å². The number of aromatic nitrogens is 3. The molecule has 116 valence electrons. The lowest BCUT2D eigenvalue weighted by molar-refractivity contribution is 0.0363. The number of benzene rings is 1. The van der Waals surface area contributed by atoms with Gasteiger partial charge in [0.05, 0.1) is 5.52 Å². The Hall–Kier alpha value is -1.95. The van der Waals surface area contributed by atoms with E-state index in [2.05, 4.69) is 22.1 Å². The predicted molar refractivity (Wildman–Crippen MR) is 83.6 cm³/mol. The second kappa shape index (κ2) is 5.05. The van der Waals surface area contributed by atoms with Gasteiger partial charge in [0.2, 0.25) is 0 Å². The number of rotatable bonds is 1. The Morgan fingerprint density at radius 1 is 1.27 bits per heavy atom. The van der Waals surface area contributed by atoms with Crippen molar-refractivity contribution in [3.05, 3.63) is 23.8 Å². The average molecular weight is 299 g/mol. The van der Waals surface area contributed by atoms with Gasteiger partial charge in [-0.2, -0.15) is 0 Å². The summed E-state index contributed by atoms with van der Waals surface area (Å²) in [6.45, 7) is 5.17. The minimum atomic E-state index is 0.117. The zero-order chi connectivity index (χ0) is 15.3. The van der Waals surface area contributed by atoms with Crippen LogP contribution in [0.15, 0.2) is 18.2 Å². The zero-order valence-electron chi connectivity index (χ0n) is 13.1. The monoisotopic (exact) mass is 299 g/mol. The van der Waals surface area contributed by atoms with Crippen molar-refractivity contribution in [1.29, 1.82) is 0 Å². The fourth-order valence-electron chi connectivity index (χ4n) is 3.95. The first kappa shape index (κ1) is 13.7. The molecule has 0 bridgehead atoms. The van der Waals surface area contributed by atoms with Crippen molar-refractivity contribution in [2.75, 3.05) is 19.6 Å². The summed E-state index contributed by atoms with van der Waals surface area (Å²) in [5.41, 5.74) is 2.44. The van der Waals surface area contributed by atoms with Crippen LogP contribution in [0.2, 0.25) is 0 Å². The van der Waals surface area contributed by atoms with E-state index in [9.17, 15) is 4.79 Å². The summed E-state index contributed by atoms with van der Waals surface area (Å²) >= 11 is 0. The zero-order valence-corrected chi connectivity index (χ0v) is 13.1. The number of carbonyl (C=O) groups excluding carboxylic acids is 1. The average Bonchev–Trinajstić information content (AvgIpc) is 3.14. The van der Waals surface area contributed by atoms with Gasteiger partial charge >= 0.3 is 0 Å². The minimum absolute atomic E-state index is 0.117. The predicted octanol–water partition coefficient (Wildman–Crippen LogP) is 1.28. The highest BCUT2D eigenvalue weighted by atomic mass is 16.2. The molecular formula is C16H21N5O. The van der Waals surface area contributed by atoms with Crippen LogP contribution in [-0.2, 0) is 7.05 Å². The van der Waals surface area contributed by atoms with Gasteiger partial charge in [-0.15, -0.1) is 5.10 Å². The van der Waals surface area contributed by atoms with E-state index in [0.717, 1.165) is 24.1 Å². The summed E-state index contributed by atoms with van der Waals surface area (Å²) in [7, 11) is 1.86. The quantitative estimate of drug-likeness (QED) is 0.796. The summed E-state index contributed by atoms with van der Waals surface area (Å²) in [5.74, 6) is 0.117. The van der Waals surface area contributed by atoms with Gasteiger partial charge in [-0.1, -0.05) is 5.21 Å². The van der Waals surface area contributed by atoms with Crippen molar-refractivity contribution in [1.82, 2.24) is 24.8 Å². The van der Waals surface area contributed by atoms with Crippen LogP contribution in [0.4, 0.5) is 0 Å². The fourth-order valence-corrected chi connectivity index (χ4v) is 3.95. The Bertz CT molecular complexity index is 724. The number of carbonyl (C=O) groups is 1. The highest BCUT2D eigenvalue weighted by Gasteiger charge is 2.38. The van der Waals surface area contributed by atoms with E-state index in [4.69, 9.17) is 0 Å². The van der Waals surface area contributed by atoms with E-state index >= 15 is 0 Å². The summed E-state index contributed by atoms with van der Waals surface area (Å²) < 4.78 is 1.73. The number of hydrogen-bond donors (Lipinski definition) is 0. The maximum absolute atomic E-state index is 12.9. The lowest BCUT2D eigenvalue weighted by Gasteiger charge is -2.43. The van der Waals surface area contributed by atoms with Crippen LogP contribution in [-0.4, -0.2) is 62.4 Å². The number of fused-ring (bicyclic) bond motifs is 2. The molecule has 4 rings (SSSR count). The molecule has 0 radical (unpaired) electrons. The Morgan fingerprint density at radius 3 is 3.00 bits per heavy atom. The Morgan fingerprint density at radius 2 is 2.14 bits per heavy atom. The molecule has 6 nitrogen and oxygen atoms in total. The third-order valence-corrected chi connectivity index (χ3v) is 5.21. The number of nitrogens with zero attached hydrogens (tertiary/aromatic N) is 5. The van der Waals surface area contributed by atoms with Gasteiger partial charge in [0, 0.05) is 37.8 Å². The second-order valence-corrected chi connectivity index (χ2v) is 6.40. The molecule has 0 unspecified atom stereocenters. The standard InChI is InChI=1S/C16H21N5O/c1-11-14-4-3-7-20(14)8-9-21(11)16(22)12-5-6-15-13(10-12)17-18-19(15)2/h5-6,10-11,14H,3-4,7-9H2,1-2H3/t11-,14+/m1/s1. The maximum Gasteiger partial charge on any atom is 0.254 e. The van der Waals surface area contributed by atoms with Gasteiger partial charge in [0.25, 0.3) is 5.91 Å². The molecule has 22 heavy (non-hydrogen) atoms. The van der Waals surface area contributed by atoms with Crippen molar-refractivity contribution in [3.8, 4) is 0 Å². The molecule has 2 fully saturated rings. The van der Waals surface area contributed by atoms with E-state index in [1.165, 1.54) is 19.4 Å². The molecule has 3 heterocycles. The van der Waals surface area contributed by atoms with Crippen molar-refractivity contribution in [2.45, 2.75) is 31.8 Å². The molecule has 0 spiro atoms. The molecule has 2 saturated heterocycles. The van der Waals surface area contributed by atoms with Crippen molar-refractivity contribution in [2.24, 2.45) is 7.05 Å². The van der Waals surface area contributed by atoms with Crippen molar-refractivity contribution < 1.29 is 4.79 Å². The van der Waals surface area contributed by atoms with Crippen LogP contribution in [0.5, 0.6) is 0 Å². The van der Waals surface area contributed by atoms with Gasteiger partial charge in [0.15, 0.2) is 0 Å². The number of piperazine rings is 1. The smallest absolute Gasteiger partial charge is 0.254 e. The molecule has 1 aromatic heterocycles. The molecule has 2 aliphatic rings. The number of amides is 1. The van der Waals surface area contributed by atoms with Crippen molar-refractivity contribution >= 4 is 16.9 Å². The third kappa shape index (κ3) is 2.01. The summed E-state index contributed by atoms with van der Waals surface area (Å²) in [6.07, 6.45) is 2.46. The van der Waals surface area contributed by atoms with Crippen molar-refractivity contribution in [3.63, 3.8) is 0 Å². The van der Waals surface area contributed by atoms with Crippen LogP contribution in [0, 0.1) is 0 Å². The maximum atomic E-state index is 12.9. The van der Waals surface area contributed by atoms with Crippen LogP contribution < -0.4 is 0 Å². The Labute approximate surface area is 129 Å². The lowest BCUT2D eigenvalue weighted by atomic mass is 10.0. The Balaban J connectivity index is 1.62. The molecule has 0 N–H and O–H groups in total. The largest absolute Gasteiger partial charge is 0.333 e. The molecule has 6 heteroatoms. The van der Waals surface area contributed by atoms with Crippen LogP contribution >= 0.6 is 0 Å². The second-order valence-electron chi connectivity index (χ2n) is 6.40. The highest BCUT2D eigenvalue weighted by Crippen LogP contribution is 2.28. The van der Waals surface area contributed by atoms with Gasteiger partial charge in [-0.05, 0) is 44.5 Å². The van der Waals surface area contributed by atoms with Crippen LogP contribution in [0.25, 0.3) is 11.0 Å². The normalized spacial score (nSPS) is 25.6. The lowest BCUT2D eigenvalue weighted by Crippen LogP contribution is -2.57. The van der Waals surface area contributed by atoms with Gasteiger partial charge in [-0.25, -0.2) is 4.68 Å². The van der Waals surface area contributed by atoms with Crippen LogP contribution in [0.1, 0.15) is 30.1 Å². The first-order valence-electron chi connectivity index (χ1n) is 7.99. The molecule has 1 amide bonds. The summed E-state index contributed by atoms with van der Waals surface area (Å²) in [4.78, 5) is 17.5. The molecule has 0 saturated carbocycles. The number of hydrogen-bond acceptors (Lipinski definition) is 4. The number of aryl methyl sites for hydroxylation is 1. The van der Waals surface area contributed by atoms with E-state index < -0.39 is 0 Å².